The number of ether oxygens (including phenoxy) is 2. The Kier molecular flexibility index (Phi) is 15.1. The molecule has 188 valence electrons. The van der Waals surface area contributed by atoms with Gasteiger partial charge in [-0.3, -0.25) is 9.59 Å². The molecule has 5 unspecified atom stereocenters. The molecule has 5 heteroatoms. The van der Waals surface area contributed by atoms with E-state index in [1.807, 2.05) is 0 Å². The Bertz CT molecular complexity index is 518. The van der Waals surface area contributed by atoms with Crippen molar-refractivity contribution in [1.29, 1.82) is 0 Å². The lowest BCUT2D eigenvalue weighted by molar-refractivity contribution is -0.248. The molecule has 1 amide bonds. The van der Waals surface area contributed by atoms with E-state index in [1.165, 1.54) is 0 Å². The minimum Gasteiger partial charge on any atom is -0.353 e. The molecule has 0 spiro atoms. The van der Waals surface area contributed by atoms with Crippen LogP contribution in [0.1, 0.15) is 119 Å². The lowest BCUT2D eigenvalue weighted by Gasteiger charge is -2.43. The second-order valence-electron chi connectivity index (χ2n) is 9.89. The molecule has 0 aromatic carbocycles. The zero-order valence-electron chi connectivity index (χ0n) is 21.8. The third kappa shape index (κ3) is 10.8. The molecular weight excluding hydrogens is 402 g/mol. The molecule has 1 heterocycles. The molecule has 5 nitrogen and oxygen atoms in total. The third-order valence-electron chi connectivity index (χ3n) is 7.48. The van der Waals surface area contributed by atoms with Crippen LogP contribution in [0.5, 0.6) is 0 Å². The number of hydrogen-bond acceptors (Lipinski definition) is 4. The van der Waals surface area contributed by atoms with Gasteiger partial charge in [-0.25, -0.2) is 0 Å². The first-order valence-electron chi connectivity index (χ1n) is 13.4. The van der Waals surface area contributed by atoms with E-state index in [4.69, 9.17) is 9.47 Å². The van der Waals surface area contributed by atoms with Crippen molar-refractivity contribution in [1.82, 2.24) is 5.32 Å². The van der Waals surface area contributed by atoms with Gasteiger partial charge in [0.2, 0.25) is 5.91 Å². The smallest absolute Gasteiger partial charge is 0.220 e. The van der Waals surface area contributed by atoms with Gasteiger partial charge in [0.1, 0.15) is 5.78 Å². The molecule has 0 aromatic heterocycles. The van der Waals surface area contributed by atoms with Crippen molar-refractivity contribution >= 4 is 11.7 Å². The molecule has 1 aliphatic heterocycles. The molecule has 0 aliphatic carbocycles. The number of carbonyl (C=O) groups is 2. The summed E-state index contributed by atoms with van der Waals surface area (Å²) in [5.41, 5.74) is 0. The van der Waals surface area contributed by atoms with Crippen molar-refractivity contribution in [2.45, 2.75) is 137 Å². The average Bonchev–Trinajstić information content (AvgIpc) is 2.79. The van der Waals surface area contributed by atoms with Crippen molar-refractivity contribution in [3.63, 3.8) is 0 Å². The second kappa shape index (κ2) is 16.6. The SMILES string of the molecule is CCC(CC)NC(=O)CCCCCCC(=O)CCCCOC1OC(CC)C(C)C(C)C1C. The molecule has 1 rings (SSSR count). The van der Waals surface area contributed by atoms with Crippen LogP contribution in [0.15, 0.2) is 0 Å². The molecule has 0 radical (unpaired) electrons. The second-order valence-corrected chi connectivity index (χ2v) is 9.89. The summed E-state index contributed by atoms with van der Waals surface area (Å²) in [5, 5.41) is 3.08. The average molecular weight is 454 g/mol. The molecule has 5 atom stereocenters. The first-order chi connectivity index (χ1) is 15.3. The van der Waals surface area contributed by atoms with Gasteiger partial charge in [-0.2, -0.15) is 0 Å². The van der Waals surface area contributed by atoms with Crippen LogP contribution in [0.2, 0.25) is 0 Å². The van der Waals surface area contributed by atoms with Gasteiger partial charge in [-0.1, -0.05) is 54.4 Å². The van der Waals surface area contributed by atoms with E-state index in [0.29, 0.717) is 55.4 Å². The highest BCUT2D eigenvalue weighted by atomic mass is 16.7. The van der Waals surface area contributed by atoms with Gasteiger partial charge in [-0.05, 0) is 56.8 Å². The molecule has 0 saturated carbocycles. The lowest BCUT2D eigenvalue weighted by Crippen LogP contribution is -2.45. The standard InChI is InChI=1S/C27H51NO4/c1-7-23(8-2)28-26(30)18-13-11-10-12-16-24(29)17-14-15-19-31-27-22(6)20(4)21(5)25(9-3)32-27/h20-23,25,27H,7-19H2,1-6H3,(H,28,30). The van der Waals surface area contributed by atoms with Crippen LogP contribution < -0.4 is 5.32 Å². The fourth-order valence-corrected chi connectivity index (χ4v) is 4.65. The van der Waals surface area contributed by atoms with Crippen molar-refractivity contribution in [3.05, 3.63) is 0 Å². The van der Waals surface area contributed by atoms with Crippen LogP contribution in [0.3, 0.4) is 0 Å². The summed E-state index contributed by atoms with van der Waals surface area (Å²) in [6.07, 6.45) is 10.8. The van der Waals surface area contributed by atoms with E-state index >= 15 is 0 Å². The number of hydrogen-bond donors (Lipinski definition) is 1. The van der Waals surface area contributed by atoms with E-state index in [2.05, 4.69) is 46.9 Å². The van der Waals surface area contributed by atoms with Gasteiger partial charge in [0.15, 0.2) is 6.29 Å². The summed E-state index contributed by atoms with van der Waals surface area (Å²) in [7, 11) is 0. The molecule has 1 aliphatic rings. The highest BCUT2D eigenvalue weighted by Gasteiger charge is 2.38. The maximum absolute atomic E-state index is 12.1. The molecule has 32 heavy (non-hydrogen) atoms. The summed E-state index contributed by atoms with van der Waals surface area (Å²) in [5.74, 6) is 2.09. The van der Waals surface area contributed by atoms with Gasteiger partial charge in [0.05, 0.1) is 6.10 Å². The minimum atomic E-state index is -0.112. The summed E-state index contributed by atoms with van der Waals surface area (Å²) in [6, 6.07) is 0.310. The van der Waals surface area contributed by atoms with Crippen LogP contribution in [0.4, 0.5) is 0 Å². The fraction of sp³-hybridized carbons (Fsp3) is 0.926. The number of Topliss-reactive ketones (excluding diaryl/α,β-unsaturated/α-hetero) is 1. The van der Waals surface area contributed by atoms with Crippen molar-refractivity contribution in [2.24, 2.45) is 17.8 Å². The van der Waals surface area contributed by atoms with E-state index in [1.54, 1.807) is 0 Å². The van der Waals surface area contributed by atoms with Gasteiger partial charge < -0.3 is 14.8 Å². The van der Waals surface area contributed by atoms with Crippen LogP contribution in [0.25, 0.3) is 0 Å². The topological polar surface area (TPSA) is 64.6 Å². The van der Waals surface area contributed by atoms with Crippen molar-refractivity contribution < 1.29 is 19.1 Å². The number of ketones is 1. The quantitative estimate of drug-likeness (QED) is 0.258. The zero-order chi connectivity index (χ0) is 23.9. The fourth-order valence-electron chi connectivity index (χ4n) is 4.65. The van der Waals surface area contributed by atoms with E-state index in [-0.39, 0.29) is 18.3 Å². The minimum absolute atomic E-state index is 0.112. The van der Waals surface area contributed by atoms with Gasteiger partial charge in [-0.15, -0.1) is 0 Å². The molecule has 0 bridgehead atoms. The first kappa shape index (κ1) is 29.1. The zero-order valence-corrected chi connectivity index (χ0v) is 21.8. The first-order valence-corrected chi connectivity index (χ1v) is 13.4. The van der Waals surface area contributed by atoms with E-state index in [0.717, 1.165) is 57.8 Å². The Morgan fingerprint density at radius 1 is 0.812 bits per heavy atom. The Morgan fingerprint density at radius 2 is 1.41 bits per heavy atom. The largest absolute Gasteiger partial charge is 0.353 e. The Balaban J connectivity index is 2.03. The molecule has 0 aromatic rings. The summed E-state index contributed by atoms with van der Waals surface area (Å²) in [6.45, 7) is 13.9. The van der Waals surface area contributed by atoms with Crippen LogP contribution >= 0.6 is 0 Å². The van der Waals surface area contributed by atoms with Crippen LogP contribution in [0, 0.1) is 17.8 Å². The third-order valence-corrected chi connectivity index (χ3v) is 7.48. The highest BCUT2D eigenvalue weighted by molar-refractivity contribution is 5.78. The Hall–Kier alpha value is -0.940. The predicted octanol–water partition coefficient (Wildman–Crippen LogP) is 6.43. The van der Waals surface area contributed by atoms with Gasteiger partial charge in [0, 0.05) is 37.8 Å². The maximum Gasteiger partial charge on any atom is 0.220 e. The highest BCUT2D eigenvalue weighted by Crippen LogP contribution is 2.36. The lowest BCUT2D eigenvalue weighted by atomic mass is 9.78. The molecule has 1 N–H and O–H groups in total. The normalized spacial score (nSPS) is 25.8. The molecule has 1 fully saturated rings. The van der Waals surface area contributed by atoms with Gasteiger partial charge in [0.25, 0.3) is 0 Å². The number of unbranched alkanes of at least 4 members (excludes halogenated alkanes) is 4. The molecule has 1 saturated heterocycles. The summed E-state index contributed by atoms with van der Waals surface area (Å²) in [4.78, 5) is 24.0. The van der Waals surface area contributed by atoms with Crippen LogP contribution in [-0.2, 0) is 19.1 Å². The number of amides is 1. The number of nitrogens with one attached hydrogen (secondary N) is 1. The Morgan fingerprint density at radius 3 is 2.00 bits per heavy atom. The summed E-state index contributed by atoms with van der Waals surface area (Å²) >= 11 is 0. The summed E-state index contributed by atoms with van der Waals surface area (Å²) < 4.78 is 12.2. The van der Waals surface area contributed by atoms with Crippen LogP contribution in [-0.4, -0.2) is 36.7 Å². The number of rotatable bonds is 17. The van der Waals surface area contributed by atoms with Crippen molar-refractivity contribution in [3.8, 4) is 0 Å². The monoisotopic (exact) mass is 453 g/mol. The predicted molar refractivity (Wildman–Crippen MR) is 131 cm³/mol. The Labute approximate surface area is 197 Å². The van der Waals surface area contributed by atoms with Crippen molar-refractivity contribution in [2.75, 3.05) is 6.61 Å². The van der Waals surface area contributed by atoms with E-state index in [9.17, 15) is 9.59 Å². The van der Waals surface area contributed by atoms with Gasteiger partial charge >= 0.3 is 0 Å². The number of carbonyl (C=O) groups excluding carboxylic acids is 2. The maximum atomic E-state index is 12.1. The van der Waals surface area contributed by atoms with E-state index < -0.39 is 0 Å². The molecular formula is C27H51NO4.